The summed E-state index contributed by atoms with van der Waals surface area (Å²) in [4.78, 5) is 4.39. The van der Waals surface area contributed by atoms with Gasteiger partial charge in [0.1, 0.15) is 5.75 Å². The largest absolute Gasteiger partial charge is 0.497 e. The molecule has 0 aliphatic heterocycles. The van der Waals surface area contributed by atoms with Crippen molar-refractivity contribution in [2.45, 2.75) is 31.3 Å². The van der Waals surface area contributed by atoms with Crippen LogP contribution in [0.25, 0.3) is 11.4 Å². The van der Waals surface area contributed by atoms with Gasteiger partial charge >= 0.3 is 0 Å². The fourth-order valence-corrected chi connectivity index (χ4v) is 2.49. The molecule has 0 saturated heterocycles. The molecule has 3 rings (SSSR count). The van der Waals surface area contributed by atoms with Crippen LogP contribution in [0.1, 0.15) is 31.1 Å². The second kappa shape index (κ2) is 5.01. The third-order valence-corrected chi connectivity index (χ3v) is 3.57. The van der Waals surface area contributed by atoms with Crippen LogP contribution in [0.5, 0.6) is 5.75 Å². The third-order valence-electron chi connectivity index (χ3n) is 3.57. The Balaban J connectivity index is 1.88. The lowest BCUT2D eigenvalue weighted by Gasteiger charge is -2.07. The molecule has 2 unspecified atom stereocenters. The number of ether oxygens (including phenoxy) is 1. The zero-order valence-corrected chi connectivity index (χ0v) is 10.7. The van der Waals surface area contributed by atoms with E-state index in [0.29, 0.717) is 11.7 Å². The molecule has 100 valence electrons. The van der Waals surface area contributed by atoms with E-state index in [9.17, 15) is 5.11 Å². The Hall–Kier alpha value is -1.88. The minimum absolute atomic E-state index is 0.0214. The average Bonchev–Trinajstić information content (AvgIpc) is 3.07. The highest BCUT2D eigenvalue weighted by Crippen LogP contribution is 2.34. The smallest absolute Gasteiger partial charge is 0.232 e. The van der Waals surface area contributed by atoms with Crippen LogP contribution in [0.3, 0.4) is 0 Å². The molecule has 1 aromatic heterocycles. The topological polar surface area (TPSA) is 68.4 Å². The van der Waals surface area contributed by atoms with Crippen molar-refractivity contribution in [3.8, 4) is 17.1 Å². The summed E-state index contributed by atoms with van der Waals surface area (Å²) in [5.41, 5.74) is 0.849. The van der Waals surface area contributed by atoms with Crippen molar-refractivity contribution in [2.24, 2.45) is 0 Å². The molecule has 1 heterocycles. The molecule has 1 aliphatic rings. The lowest BCUT2D eigenvalue weighted by molar-refractivity contribution is 0.148. The molecule has 5 nitrogen and oxygen atoms in total. The molecule has 0 bridgehead atoms. The molecule has 1 N–H and O–H groups in total. The van der Waals surface area contributed by atoms with Crippen LogP contribution in [-0.4, -0.2) is 28.5 Å². The van der Waals surface area contributed by atoms with E-state index in [2.05, 4.69) is 10.1 Å². The lowest BCUT2D eigenvalue weighted by atomic mass is 10.1. The maximum absolute atomic E-state index is 9.86. The highest BCUT2D eigenvalue weighted by Gasteiger charge is 2.31. The number of hydrogen-bond donors (Lipinski definition) is 1. The molecular formula is C14H16N2O3. The monoisotopic (exact) mass is 260 g/mol. The molecule has 1 aromatic carbocycles. The van der Waals surface area contributed by atoms with E-state index in [4.69, 9.17) is 9.26 Å². The Morgan fingerprint density at radius 3 is 3.00 bits per heavy atom. The number of nitrogens with zero attached hydrogens (tertiary/aromatic N) is 2. The van der Waals surface area contributed by atoms with E-state index in [1.807, 2.05) is 24.3 Å². The van der Waals surface area contributed by atoms with Crippen molar-refractivity contribution in [3.63, 3.8) is 0 Å². The second-order valence-corrected chi connectivity index (χ2v) is 4.79. The van der Waals surface area contributed by atoms with Gasteiger partial charge in [0.15, 0.2) is 0 Å². The van der Waals surface area contributed by atoms with Gasteiger partial charge < -0.3 is 14.4 Å². The first-order chi connectivity index (χ1) is 9.28. The molecule has 0 spiro atoms. The molecule has 1 aliphatic carbocycles. The Morgan fingerprint density at radius 2 is 2.26 bits per heavy atom. The number of rotatable bonds is 3. The molecule has 0 radical (unpaired) electrons. The Labute approximate surface area is 111 Å². The molecular weight excluding hydrogens is 244 g/mol. The summed E-state index contributed by atoms with van der Waals surface area (Å²) in [5.74, 6) is 1.80. The summed E-state index contributed by atoms with van der Waals surface area (Å²) in [7, 11) is 1.62. The van der Waals surface area contributed by atoms with Gasteiger partial charge in [0, 0.05) is 5.56 Å². The predicted molar refractivity (Wildman–Crippen MR) is 68.9 cm³/mol. The zero-order valence-electron chi connectivity index (χ0n) is 10.7. The molecule has 2 aromatic rings. The first-order valence-electron chi connectivity index (χ1n) is 6.44. The summed E-state index contributed by atoms with van der Waals surface area (Å²) in [6, 6.07) is 7.52. The Kier molecular flexibility index (Phi) is 3.21. The maximum atomic E-state index is 9.86. The Morgan fingerprint density at radius 1 is 1.37 bits per heavy atom. The van der Waals surface area contributed by atoms with Gasteiger partial charge in [-0.15, -0.1) is 0 Å². The first kappa shape index (κ1) is 12.2. The van der Waals surface area contributed by atoms with Gasteiger partial charge in [-0.3, -0.25) is 0 Å². The number of aliphatic hydroxyl groups is 1. The minimum atomic E-state index is -0.362. The van der Waals surface area contributed by atoms with Crippen LogP contribution in [0.2, 0.25) is 0 Å². The van der Waals surface area contributed by atoms with Crippen molar-refractivity contribution in [1.82, 2.24) is 10.1 Å². The highest BCUT2D eigenvalue weighted by molar-refractivity contribution is 5.56. The van der Waals surface area contributed by atoms with Gasteiger partial charge in [0.25, 0.3) is 0 Å². The van der Waals surface area contributed by atoms with E-state index < -0.39 is 0 Å². The number of methoxy groups -OCH3 is 1. The second-order valence-electron chi connectivity index (χ2n) is 4.79. The molecule has 2 atom stereocenters. The molecule has 1 fully saturated rings. The van der Waals surface area contributed by atoms with Crippen molar-refractivity contribution >= 4 is 0 Å². The van der Waals surface area contributed by atoms with E-state index >= 15 is 0 Å². The maximum Gasteiger partial charge on any atom is 0.232 e. The van der Waals surface area contributed by atoms with Crippen LogP contribution in [0, 0.1) is 0 Å². The van der Waals surface area contributed by atoms with Crippen LogP contribution in [-0.2, 0) is 0 Å². The van der Waals surface area contributed by atoms with E-state index in [1.165, 1.54) is 0 Å². The van der Waals surface area contributed by atoms with Gasteiger partial charge in [0.2, 0.25) is 11.7 Å². The van der Waals surface area contributed by atoms with Crippen LogP contribution in [0.15, 0.2) is 28.8 Å². The van der Waals surface area contributed by atoms with Crippen molar-refractivity contribution in [1.29, 1.82) is 0 Å². The van der Waals surface area contributed by atoms with Gasteiger partial charge in [-0.25, -0.2) is 0 Å². The number of aliphatic hydroxyl groups excluding tert-OH is 1. The molecule has 5 heteroatoms. The first-order valence-corrected chi connectivity index (χ1v) is 6.44. The van der Waals surface area contributed by atoms with E-state index in [-0.39, 0.29) is 12.0 Å². The summed E-state index contributed by atoms with van der Waals surface area (Å²) >= 11 is 0. The van der Waals surface area contributed by atoms with Crippen molar-refractivity contribution < 1.29 is 14.4 Å². The van der Waals surface area contributed by atoms with Crippen molar-refractivity contribution in [2.75, 3.05) is 7.11 Å². The summed E-state index contributed by atoms with van der Waals surface area (Å²) in [5, 5.41) is 13.8. The van der Waals surface area contributed by atoms with Crippen molar-refractivity contribution in [3.05, 3.63) is 30.2 Å². The number of benzene rings is 1. The highest BCUT2D eigenvalue weighted by atomic mass is 16.5. The Bertz CT molecular complexity index is 567. The summed E-state index contributed by atoms with van der Waals surface area (Å²) in [6.45, 7) is 0. The van der Waals surface area contributed by atoms with E-state index in [1.54, 1.807) is 7.11 Å². The van der Waals surface area contributed by atoms with Crippen LogP contribution < -0.4 is 4.74 Å². The average molecular weight is 260 g/mol. The van der Waals surface area contributed by atoms with Crippen LogP contribution >= 0.6 is 0 Å². The van der Waals surface area contributed by atoms with E-state index in [0.717, 1.165) is 30.6 Å². The van der Waals surface area contributed by atoms with Gasteiger partial charge in [-0.1, -0.05) is 17.3 Å². The molecule has 1 saturated carbocycles. The minimum Gasteiger partial charge on any atom is -0.497 e. The quantitative estimate of drug-likeness (QED) is 0.917. The fourth-order valence-electron chi connectivity index (χ4n) is 2.49. The zero-order chi connectivity index (χ0) is 13.2. The predicted octanol–water partition coefficient (Wildman–Crippen LogP) is 2.37. The fraction of sp³-hybridized carbons (Fsp3) is 0.429. The standard InChI is InChI=1S/C14H16N2O3/c1-18-10-5-2-4-9(8-10)13-15-14(19-16-13)11-6-3-7-12(11)17/h2,4-5,8,11-12,17H,3,6-7H2,1H3. The molecule has 19 heavy (non-hydrogen) atoms. The van der Waals surface area contributed by atoms with Crippen LogP contribution in [0.4, 0.5) is 0 Å². The summed E-state index contributed by atoms with van der Waals surface area (Å²) in [6.07, 6.45) is 2.35. The summed E-state index contributed by atoms with van der Waals surface area (Å²) < 4.78 is 10.5. The number of hydrogen-bond acceptors (Lipinski definition) is 5. The number of aromatic nitrogens is 2. The van der Waals surface area contributed by atoms with Gasteiger partial charge in [-0.05, 0) is 31.4 Å². The normalized spacial score (nSPS) is 22.6. The SMILES string of the molecule is COc1cccc(-c2noc(C3CCCC3O)n2)c1. The molecule has 0 amide bonds. The van der Waals surface area contributed by atoms with Gasteiger partial charge in [-0.2, -0.15) is 4.98 Å². The lowest BCUT2D eigenvalue weighted by Crippen LogP contribution is -2.11. The van der Waals surface area contributed by atoms with Gasteiger partial charge in [0.05, 0.1) is 19.1 Å². The third kappa shape index (κ3) is 2.33.